The summed E-state index contributed by atoms with van der Waals surface area (Å²) in [7, 11) is 0. The summed E-state index contributed by atoms with van der Waals surface area (Å²) in [6.45, 7) is 4.59. The Balaban J connectivity index is 1.60. The van der Waals surface area contributed by atoms with Crippen LogP contribution < -0.4 is 5.32 Å². The molecule has 0 bridgehead atoms. The van der Waals surface area contributed by atoms with E-state index in [0.717, 1.165) is 24.1 Å². The zero-order chi connectivity index (χ0) is 24.4. The highest BCUT2D eigenvalue weighted by molar-refractivity contribution is 6.30. The van der Waals surface area contributed by atoms with Crippen LogP contribution in [0.4, 0.5) is 8.78 Å². The second-order valence-corrected chi connectivity index (χ2v) is 9.25. The second kappa shape index (κ2) is 10.4. The summed E-state index contributed by atoms with van der Waals surface area (Å²) in [5, 5.41) is 2.56. The van der Waals surface area contributed by atoms with E-state index in [0.29, 0.717) is 38.2 Å². The summed E-state index contributed by atoms with van der Waals surface area (Å²) in [5.41, 5.74) is 1.30. The normalized spacial score (nSPS) is 21.3. The Morgan fingerprint density at radius 2 is 1.97 bits per heavy atom. The first-order valence-electron chi connectivity index (χ1n) is 11.6. The van der Waals surface area contributed by atoms with Gasteiger partial charge < -0.3 is 15.0 Å². The number of hydrogen-bond acceptors (Lipinski definition) is 4. The number of carbonyl (C=O) groups excluding carboxylic acids is 2. The first-order valence-corrected chi connectivity index (χ1v) is 12.0. The number of ether oxygens (including phenoxy) is 1. The molecule has 2 fully saturated rings. The van der Waals surface area contributed by atoms with E-state index in [9.17, 15) is 18.4 Å². The Labute approximate surface area is 202 Å². The lowest BCUT2D eigenvalue weighted by atomic mass is 9.90. The largest absolute Gasteiger partial charge is 0.381 e. The van der Waals surface area contributed by atoms with Gasteiger partial charge in [-0.2, -0.15) is 0 Å². The highest BCUT2D eigenvalue weighted by atomic mass is 35.5. The Kier molecular flexibility index (Phi) is 7.48. The molecule has 0 aliphatic carbocycles. The molecule has 34 heavy (non-hydrogen) atoms. The first-order chi connectivity index (χ1) is 16.3. The predicted octanol–water partition coefficient (Wildman–Crippen LogP) is 4.46. The van der Waals surface area contributed by atoms with Gasteiger partial charge in [0.25, 0.3) is 5.91 Å². The van der Waals surface area contributed by atoms with Gasteiger partial charge in [-0.1, -0.05) is 25.4 Å². The molecule has 0 radical (unpaired) electrons. The van der Waals surface area contributed by atoms with Crippen molar-refractivity contribution in [2.24, 2.45) is 5.92 Å². The summed E-state index contributed by atoms with van der Waals surface area (Å²) in [6, 6.07) is 3.91. The van der Waals surface area contributed by atoms with Gasteiger partial charge in [0.1, 0.15) is 23.4 Å². The number of amides is 2. The van der Waals surface area contributed by atoms with Crippen molar-refractivity contribution in [1.29, 1.82) is 0 Å². The zero-order valence-electron chi connectivity index (χ0n) is 19.2. The lowest BCUT2D eigenvalue weighted by Crippen LogP contribution is -2.52. The van der Waals surface area contributed by atoms with Gasteiger partial charge in [0.2, 0.25) is 5.91 Å². The molecule has 6 nitrogen and oxygen atoms in total. The maximum absolute atomic E-state index is 14.7. The maximum atomic E-state index is 14.7. The van der Waals surface area contributed by atoms with Gasteiger partial charge in [0.05, 0.1) is 24.3 Å². The average Bonchev–Trinajstić information content (AvgIpc) is 3.23. The number of likely N-dealkylation sites (tertiary alicyclic amines) is 1. The third-order valence-electron chi connectivity index (χ3n) is 6.77. The lowest BCUT2D eigenvalue weighted by Gasteiger charge is -2.36. The van der Waals surface area contributed by atoms with Crippen LogP contribution in [-0.4, -0.2) is 47.0 Å². The molecule has 2 saturated heterocycles. The fraction of sp³-hybridized carbons (Fsp3) is 0.480. The van der Waals surface area contributed by atoms with E-state index in [4.69, 9.17) is 16.3 Å². The van der Waals surface area contributed by atoms with Crippen LogP contribution in [0.5, 0.6) is 0 Å². The van der Waals surface area contributed by atoms with Crippen molar-refractivity contribution < 1.29 is 23.1 Å². The van der Waals surface area contributed by atoms with Crippen molar-refractivity contribution in [3.05, 3.63) is 63.9 Å². The van der Waals surface area contributed by atoms with E-state index >= 15 is 0 Å². The minimum atomic E-state index is -0.799. The molecule has 1 N–H and O–H groups in total. The number of rotatable bonds is 7. The van der Waals surface area contributed by atoms with Gasteiger partial charge in [-0.05, 0) is 55.5 Å². The van der Waals surface area contributed by atoms with E-state index in [2.05, 4.69) is 10.3 Å². The van der Waals surface area contributed by atoms with Gasteiger partial charge in [-0.3, -0.25) is 14.6 Å². The van der Waals surface area contributed by atoms with Crippen molar-refractivity contribution in [2.45, 2.75) is 57.7 Å². The molecule has 2 aromatic rings. The van der Waals surface area contributed by atoms with Gasteiger partial charge >= 0.3 is 0 Å². The number of hydrogen-bond donors (Lipinski definition) is 1. The van der Waals surface area contributed by atoms with E-state index in [-0.39, 0.29) is 28.5 Å². The van der Waals surface area contributed by atoms with E-state index in [1.54, 1.807) is 17.2 Å². The number of aromatic nitrogens is 1. The number of nitrogens with one attached hydrogen (secondary N) is 1. The number of pyridine rings is 1. The molecule has 1 unspecified atom stereocenters. The molecule has 0 spiro atoms. The van der Waals surface area contributed by atoms with Crippen molar-refractivity contribution in [2.75, 3.05) is 13.2 Å². The minimum Gasteiger partial charge on any atom is -0.381 e. The molecule has 1 aromatic heterocycles. The second-order valence-electron chi connectivity index (χ2n) is 8.84. The van der Waals surface area contributed by atoms with Crippen molar-refractivity contribution >= 4 is 23.4 Å². The predicted molar refractivity (Wildman–Crippen MR) is 123 cm³/mol. The topological polar surface area (TPSA) is 71.5 Å². The van der Waals surface area contributed by atoms with Crippen LogP contribution in [0.25, 0.3) is 0 Å². The van der Waals surface area contributed by atoms with Crippen LogP contribution >= 0.6 is 11.6 Å². The Morgan fingerprint density at radius 1 is 1.21 bits per heavy atom. The van der Waals surface area contributed by atoms with Crippen LogP contribution in [0.1, 0.15) is 60.8 Å². The van der Waals surface area contributed by atoms with Gasteiger partial charge in [-0.25, -0.2) is 8.78 Å². The smallest absolute Gasteiger partial charge is 0.273 e. The minimum absolute atomic E-state index is 0.0174. The number of nitrogens with zero attached hydrogens (tertiary/aromatic N) is 2. The molecular weight excluding hydrogens is 464 g/mol. The third kappa shape index (κ3) is 4.79. The SMILES string of the molecule is CCc1ccnc(C(=O)N2[C@H](CC)CC[C@@H]2C(=O)NC(c2cc(F)c(Cl)cc2F)C2COC2)c1. The molecule has 2 aliphatic rings. The molecule has 4 rings (SSSR count). The molecule has 2 aliphatic heterocycles. The van der Waals surface area contributed by atoms with Gasteiger partial charge in [-0.15, -0.1) is 0 Å². The Morgan fingerprint density at radius 3 is 2.62 bits per heavy atom. The molecule has 2 amide bonds. The number of benzene rings is 1. The van der Waals surface area contributed by atoms with Gasteiger partial charge in [0, 0.05) is 23.7 Å². The fourth-order valence-corrected chi connectivity index (χ4v) is 4.86. The molecular formula is C25H28ClF2N3O3. The fourth-order valence-electron chi connectivity index (χ4n) is 4.71. The number of aryl methyl sites for hydroxylation is 1. The van der Waals surface area contributed by atoms with Crippen molar-refractivity contribution in [3.8, 4) is 0 Å². The summed E-state index contributed by atoms with van der Waals surface area (Å²) < 4.78 is 34.1. The van der Waals surface area contributed by atoms with Crippen LogP contribution in [0.3, 0.4) is 0 Å². The van der Waals surface area contributed by atoms with E-state index < -0.39 is 29.6 Å². The van der Waals surface area contributed by atoms with E-state index in [1.165, 1.54) is 0 Å². The quantitative estimate of drug-likeness (QED) is 0.580. The zero-order valence-corrected chi connectivity index (χ0v) is 19.9. The lowest BCUT2D eigenvalue weighted by molar-refractivity contribution is -0.128. The molecule has 1 aromatic carbocycles. The highest BCUT2D eigenvalue weighted by Gasteiger charge is 2.43. The van der Waals surface area contributed by atoms with Crippen molar-refractivity contribution in [3.63, 3.8) is 0 Å². The first kappa shape index (κ1) is 24.5. The third-order valence-corrected chi connectivity index (χ3v) is 7.06. The maximum Gasteiger partial charge on any atom is 0.273 e. The van der Waals surface area contributed by atoms with Crippen LogP contribution in [-0.2, 0) is 16.0 Å². The van der Waals surface area contributed by atoms with Crippen LogP contribution in [0.2, 0.25) is 5.02 Å². The van der Waals surface area contributed by atoms with Gasteiger partial charge in [0.15, 0.2) is 0 Å². The Hall–Kier alpha value is -2.58. The van der Waals surface area contributed by atoms with Crippen LogP contribution in [0.15, 0.2) is 30.5 Å². The number of halogens is 3. The average molecular weight is 492 g/mol. The van der Waals surface area contributed by atoms with Crippen molar-refractivity contribution in [1.82, 2.24) is 15.2 Å². The molecule has 0 saturated carbocycles. The summed E-state index contributed by atoms with van der Waals surface area (Å²) in [6.07, 6.45) is 4.21. The summed E-state index contributed by atoms with van der Waals surface area (Å²) in [5.74, 6) is -2.37. The highest BCUT2D eigenvalue weighted by Crippen LogP contribution is 2.34. The monoisotopic (exact) mass is 491 g/mol. The molecule has 3 heterocycles. The molecule has 182 valence electrons. The van der Waals surface area contributed by atoms with E-state index in [1.807, 2.05) is 19.9 Å². The molecule has 3 atom stereocenters. The number of carbonyl (C=O) groups is 2. The molecule has 9 heteroatoms. The van der Waals surface area contributed by atoms with Crippen LogP contribution in [0, 0.1) is 17.6 Å². The summed E-state index contributed by atoms with van der Waals surface area (Å²) in [4.78, 5) is 32.7. The summed E-state index contributed by atoms with van der Waals surface area (Å²) >= 11 is 5.72. The Bertz CT molecular complexity index is 1080. The standard InChI is InChI=1S/C25H28ClF2N3O3/c1-3-14-7-8-29-21(9-14)25(33)31-16(4-2)5-6-22(31)24(32)30-23(15-12-34-13-15)17-10-20(28)18(26)11-19(17)27/h7-11,15-16,22-23H,3-6,12-13H2,1-2H3,(H,30,32)/t16-,22-,23?/m1/s1.